The minimum atomic E-state index is -3.03. The molecule has 1 aromatic rings. The number of ether oxygens (including phenoxy) is 1. The maximum Gasteiger partial charge on any atom is 0.152 e. The second-order valence-electron chi connectivity index (χ2n) is 5.03. The molecule has 0 bridgehead atoms. The maximum absolute atomic E-state index is 11.7. The van der Waals surface area contributed by atoms with Gasteiger partial charge in [0.25, 0.3) is 0 Å². The molecular weight excluding hydrogens is 311 g/mol. The third-order valence-corrected chi connectivity index (χ3v) is 5.96. The molecule has 108 valence electrons. The Bertz CT molecular complexity index is 585. The van der Waals surface area contributed by atoms with E-state index >= 15 is 0 Å². The van der Waals surface area contributed by atoms with E-state index < -0.39 is 15.4 Å². The van der Waals surface area contributed by atoms with Crippen LogP contribution in [0.25, 0.3) is 0 Å². The molecule has 1 saturated heterocycles. The van der Waals surface area contributed by atoms with E-state index in [2.05, 4.69) is 5.10 Å². The smallest absolute Gasteiger partial charge is 0.152 e. The van der Waals surface area contributed by atoms with Crippen LogP contribution < -0.4 is 0 Å². The number of rotatable bonds is 4. The summed E-state index contributed by atoms with van der Waals surface area (Å²) in [5.74, 6) is 0.436. The molecule has 8 heteroatoms. The lowest BCUT2D eigenvalue weighted by molar-refractivity contribution is 0.178. The molecule has 1 aromatic heterocycles. The highest BCUT2D eigenvalue weighted by Gasteiger charge is 2.42. The Morgan fingerprint density at radius 3 is 2.68 bits per heavy atom. The number of sulfone groups is 1. The Hall–Kier alpha value is -0.300. The molecule has 1 fully saturated rings. The van der Waals surface area contributed by atoms with Crippen molar-refractivity contribution in [3.05, 3.63) is 16.4 Å². The van der Waals surface area contributed by atoms with Gasteiger partial charge in [-0.1, -0.05) is 11.6 Å². The predicted octanol–water partition coefficient (Wildman–Crippen LogP) is 1.96. The zero-order chi connectivity index (χ0) is 14.3. The van der Waals surface area contributed by atoms with Gasteiger partial charge >= 0.3 is 0 Å². The van der Waals surface area contributed by atoms with Crippen LogP contribution >= 0.6 is 23.2 Å². The molecule has 0 aromatic carbocycles. The summed E-state index contributed by atoms with van der Waals surface area (Å²) in [5, 5.41) is 4.80. The standard InChI is InChI=1S/C11H16Cl2N2O3S/c1-11(3-4-19(16,17)7-11)15-10(13)8(5-12)9(14-15)6-18-2/h3-7H2,1-2H3. The first-order valence-electron chi connectivity index (χ1n) is 5.85. The Morgan fingerprint density at radius 2 is 2.21 bits per heavy atom. The summed E-state index contributed by atoms with van der Waals surface area (Å²) in [6, 6.07) is 0. The molecule has 0 aliphatic carbocycles. The van der Waals surface area contributed by atoms with Gasteiger partial charge < -0.3 is 4.74 Å². The third kappa shape index (κ3) is 2.77. The number of aromatic nitrogens is 2. The van der Waals surface area contributed by atoms with E-state index in [4.69, 9.17) is 27.9 Å². The van der Waals surface area contributed by atoms with Gasteiger partial charge in [0.2, 0.25) is 0 Å². The van der Waals surface area contributed by atoms with Crippen molar-refractivity contribution in [3.8, 4) is 0 Å². The van der Waals surface area contributed by atoms with Crippen LogP contribution in [-0.4, -0.2) is 36.8 Å². The molecule has 0 saturated carbocycles. The Morgan fingerprint density at radius 1 is 1.53 bits per heavy atom. The largest absolute Gasteiger partial charge is 0.378 e. The molecule has 0 spiro atoms. The van der Waals surface area contributed by atoms with Crippen molar-refractivity contribution in [2.45, 2.75) is 31.4 Å². The van der Waals surface area contributed by atoms with Gasteiger partial charge in [-0.3, -0.25) is 0 Å². The maximum atomic E-state index is 11.7. The fourth-order valence-corrected chi connectivity index (χ4v) is 5.25. The van der Waals surface area contributed by atoms with E-state index in [0.717, 1.165) is 0 Å². The van der Waals surface area contributed by atoms with Gasteiger partial charge in [0.05, 0.1) is 35.2 Å². The summed E-state index contributed by atoms with van der Waals surface area (Å²) in [6.45, 7) is 2.16. The predicted molar refractivity (Wildman–Crippen MR) is 74.4 cm³/mol. The third-order valence-electron chi connectivity index (χ3n) is 3.41. The molecule has 19 heavy (non-hydrogen) atoms. The second kappa shape index (κ2) is 5.24. The molecule has 2 rings (SSSR count). The molecule has 1 atom stereocenters. The van der Waals surface area contributed by atoms with Gasteiger partial charge in [-0.25, -0.2) is 13.1 Å². The van der Waals surface area contributed by atoms with E-state index in [0.29, 0.717) is 29.4 Å². The average Bonchev–Trinajstić information content (AvgIpc) is 2.78. The van der Waals surface area contributed by atoms with Crippen LogP contribution in [0.3, 0.4) is 0 Å². The lowest BCUT2D eigenvalue weighted by Crippen LogP contribution is -2.32. The number of hydrogen-bond acceptors (Lipinski definition) is 4. The first-order chi connectivity index (χ1) is 8.83. The number of alkyl halides is 1. The van der Waals surface area contributed by atoms with Crippen molar-refractivity contribution in [1.82, 2.24) is 9.78 Å². The van der Waals surface area contributed by atoms with Gasteiger partial charge in [-0.05, 0) is 13.3 Å². The van der Waals surface area contributed by atoms with E-state index in [-0.39, 0.29) is 17.4 Å². The molecule has 0 N–H and O–H groups in total. The number of methoxy groups -OCH3 is 1. The summed E-state index contributed by atoms with van der Waals surface area (Å²) in [7, 11) is -1.46. The van der Waals surface area contributed by atoms with E-state index in [1.807, 2.05) is 6.92 Å². The molecule has 0 amide bonds. The van der Waals surface area contributed by atoms with Crippen LogP contribution in [0.15, 0.2) is 0 Å². The van der Waals surface area contributed by atoms with E-state index in [9.17, 15) is 8.42 Å². The van der Waals surface area contributed by atoms with Crippen LogP contribution in [0, 0.1) is 0 Å². The Labute approximate surface area is 122 Å². The fraction of sp³-hybridized carbons (Fsp3) is 0.727. The molecule has 5 nitrogen and oxygen atoms in total. The van der Waals surface area contributed by atoms with Gasteiger partial charge in [-0.15, -0.1) is 11.6 Å². The summed E-state index contributed by atoms with van der Waals surface area (Å²) in [5.41, 5.74) is 0.756. The minimum absolute atomic E-state index is 0.0511. The van der Waals surface area contributed by atoms with Crippen molar-refractivity contribution in [3.63, 3.8) is 0 Å². The van der Waals surface area contributed by atoms with E-state index in [1.54, 1.807) is 11.8 Å². The van der Waals surface area contributed by atoms with Crippen molar-refractivity contribution < 1.29 is 13.2 Å². The summed E-state index contributed by atoms with van der Waals surface area (Å²) < 4.78 is 30.0. The molecule has 1 aliphatic rings. The lowest BCUT2D eigenvalue weighted by Gasteiger charge is -2.23. The summed E-state index contributed by atoms with van der Waals surface area (Å²) >= 11 is 12.2. The summed E-state index contributed by atoms with van der Waals surface area (Å²) in [6.07, 6.45) is 0.505. The first-order valence-corrected chi connectivity index (χ1v) is 8.58. The molecule has 1 unspecified atom stereocenters. The van der Waals surface area contributed by atoms with Crippen LogP contribution in [0.5, 0.6) is 0 Å². The van der Waals surface area contributed by atoms with Crippen LogP contribution in [0.1, 0.15) is 24.6 Å². The van der Waals surface area contributed by atoms with Gasteiger partial charge in [0, 0.05) is 12.7 Å². The average molecular weight is 327 g/mol. The van der Waals surface area contributed by atoms with Crippen molar-refractivity contribution in [2.75, 3.05) is 18.6 Å². The SMILES string of the molecule is COCc1nn(C2(C)CCS(=O)(=O)C2)c(Cl)c1CCl. The normalized spacial score (nSPS) is 25.9. The molecule has 2 heterocycles. The zero-order valence-electron chi connectivity index (χ0n) is 10.8. The Balaban J connectivity index is 2.46. The first kappa shape index (κ1) is 15.1. The van der Waals surface area contributed by atoms with E-state index in [1.165, 1.54) is 0 Å². The molecule has 0 radical (unpaired) electrons. The highest BCUT2D eigenvalue weighted by atomic mass is 35.5. The van der Waals surface area contributed by atoms with Crippen LogP contribution in [-0.2, 0) is 32.6 Å². The van der Waals surface area contributed by atoms with Crippen LogP contribution in [0.4, 0.5) is 0 Å². The lowest BCUT2D eigenvalue weighted by atomic mass is 10.0. The Kier molecular flexibility index (Phi) is 4.16. The van der Waals surface area contributed by atoms with Crippen molar-refractivity contribution >= 4 is 33.0 Å². The minimum Gasteiger partial charge on any atom is -0.378 e. The van der Waals surface area contributed by atoms with Gasteiger partial charge in [0.15, 0.2) is 9.84 Å². The second-order valence-corrected chi connectivity index (χ2v) is 7.84. The van der Waals surface area contributed by atoms with Crippen molar-refractivity contribution in [2.24, 2.45) is 0 Å². The van der Waals surface area contributed by atoms with Gasteiger partial charge in [-0.2, -0.15) is 5.10 Å². The highest BCUT2D eigenvalue weighted by Crippen LogP contribution is 2.35. The topological polar surface area (TPSA) is 61.2 Å². The van der Waals surface area contributed by atoms with Crippen LogP contribution in [0.2, 0.25) is 5.15 Å². The summed E-state index contributed by atoms with van der Waals surface area (Å²) in [4.78, 5) is 0. The number of halogens is 2. The molecular formula is C11H16Cl2N2O3S. The number of nitrogens with zero attached hydrogens (tertiary/aromatic N) is 2. The fourth-order valence-electron chi connectivity index (χ4n) is 2.38. The van der Waals surface area contributed by atoms with Crippen molar-refractivity contribution in [1.29, 1.82) is 0 Å². The number of hydrogen-bond donors (Lipinski definition) is 0. The van der Waals surface area contributed by atoms with Gasteiger partial charge in [0.1, 0.15) is 5.15 Å². The molecule has 1 aliphatic heterocycles. The quantitative estimate of drug-likeness (QED) is 0.793. The highest BCUT2D eigenvalue weighted by molar-refractivity contribution is 7.91. The zero-order valence-corrected chi connectivity index (χ0v) is 13.1. The monoisotopic (exact) mass is 326 g/mol.